The van der Waals surface area contributed by atoms with E-state index < -0.39 is 0 Å². The SMILES string of the molecule is CC(C)(C)c1ccc(C2C=NN(c3ccc(-c4ccccc4)cc3)O2)cc1. The van der Waals surface area contributed by atoms with Crippen LogP contribution >= 0.6 is 0 Å². The molecule has 3 heteroatoms. The molecule has 0 saturated heterocycles. The zero-order valence-electron chi connectivity index (χ0n) is 16.0. The van der Waals surface area contributed by atoms with E-state index in [4.69, 9.17) is 4.84 Å². The monoisotopic (exact) mass is 356 g/mol. The number of hydrogen-bond acceptors (Lipinski definition) is 3. The average Bonchev–Trinajstić information content (AvgIpc) is 3.18. The molecular formula is C24H24N2O. The Labute approximate surface area is 160 Å². The van der Waals surface area contributed by atoms with Gasteiger partial charge >= 0.3 is 0 Å². The lowest BCUT2D eigenvalue weighted by molar-refractivity contribution is 0.0985. The molecule has 1 heterocycles. The van der Waals surface area contributed by atoms with E-state index in [2.05, 4.69) is 74.4 Å². The molecule has 0 aromatic heterocycles. The van der Waals surface area contributed by atoms with Gasteiger partial charge in [-0.05, 0) is 39.8 Å². The van der Waals surface area contributed by atoms with Gasteiger partial charge in [0.25, 0.3) is 0 Å². The lowest BCUT2D eigenvalue weighted by atomic mass is 9.86. The van der Waals surface area contributed by atoms with Gasteiger partial charge in [-0.15, -0.1) is 5.17 Å². The van der Waals surface area contributed by atoms with Crippen LogP contribution in [0.3, 0.4) is 0 Å². The molecule has 0 fully saturated rings. The fraction of sp³-hybridized carbons (Fsp3) is 0.208. The van der Waals surface area contributed by atoms with Crippen molar-refractivity contribution in [2.75, 3.05) is 5.17 Å². The van der Waals surface area contributed by atoms with Crippen molar-refractivity contribution in [2.45, 2.75) is 32.3 Å². The van der Waals surface area contributed by atoms with Gasteiger partial charge in [0.15, 0.2) is 0 Å². The lowest BCUT2D eigenvalue weighted by Gasteiger charge is -2.20. The Morgan fingerprint density at radius 1 is 0.778 bits per heavy atom. The summed E-state index contributed by atoms with van der Waals surface area (Å²) in [6.45, 7) is 6.66. The summed E-state index contributed by atoms with van der Waals surface area (Å²) in [6.07, 6.45) is 1.69. The van der Waals surface area contributed by atoms with Crippen LogP contribution in [0.2, 0.25) is 0 Å². The Bertz CT molecular complexity index is 923. The van der Waals surface area contributed by atoms with Crippen molar-refractivity contribution >= 4 is 11.9 Å². The maximum atomic E-state index is 6.02. The summed E-state index contributed by atoms with van der Waals surface area (Å²) in [5.41, 5.74) is 5.86. The summed E-state index contributed by atoms with van der Waals surface area (Å²) < 4.78 is 0. The first-order chi connectivity index (χ1) is 13.0. The zero-order valence-corrected chi connectivity index (χ0v) is 16.0. The molecule has 1 unspecified atom stereocenters. The third-order valence-electron chi connectivity index (χ3n) is 4.82. The van der Waals surface area contributed by atoms with E-state index >= 15 is 0 Å². The third-order valence-corrected chi connectivity index (χ3v) is 4.82. The molecule has 0 saturated carbocycles. The molecular weight excluding hydrogens is 332 g/mol. The quantitative estimate of drug-likeness (QED) is 0.564. The fourth-order valence-electron chi connectivity index (χ4n) is 3.14. The van der Waals surface area contributed by atoms with Gasteiger partial charge in [-0.1, -0.05) is 87.5 Å². The van der Waals surface area contributed by atoms with Crippen molar-refractivity contribution in [3.63, 3.8) is 0 Å². The molecule has 3 aromatic rings. The van der Waals surface area contributed by atoms with Crippen LogP contribution in [-0.2, 0) is 10.3 Å². The molecule has 0 N–H and O–H groups in total. The van der Waals surface area contributed by atoms with Crippen LogP contribution in [0.15, 0.2) is 84.0 Å². The largest absolute Gasteiger partial charge is 0.238 e. The number of anilines is 1. The van der Waals surface area contributed by atoms with Gasteiger partial charge in [0.1, 0.15) is 6.10 Å². The van der Waals surface area contributed by atoms with E-state index in [1.807, 2.05) is 36.5 Å². The number of rotatable bonds is 3. The van der Waals surface area contributed by atoms with Crippen LogP contribution in [0.1, 0.15) is 38.0 Å². The first-order valence-corrected chi connectivity index (χ1v) is 9.28. The van der Waals surface area contributed by atoms with Crippen molar-refractivity contribution in [3.05, 3.63) is 90.0 Å². The van der Waals surface area contributed by atoms with E-state index in [1.54, 1.807) is 5.17 Å². The van der Waals surface area contributed by atoms with Crippen molar-refractivity contribution in [1.29, 1.82) is 0 Å². The third kappa shape index (κ3) is 3.79. The highest BCUT2D eigenvalue weighted by molar-refractivity contribution is 5.71. The predicted molar refractivity (Wildman–Crippen MR) is 112 cm³/mol. The van der Waals surface area contributed by atoms with Gasteiger partial charge in [-0.25, -0.2) is 4.84 Å². The van der Waals surface area contributed by atoms with Gasteiger partial charge in [0, 0.05) is 0 Å². The lowest BCUT2D eigenvalue weighted by Crippen LogP contribution is -2.14. The van der Waals surface area contributed by atoms with Gasteiger partial charge in [-0.2, -0.15) is 5.10 Å². The van der Waals surface area contributed by atoms with E-state index in [0.717, 1.165) is 11.3 Å². The fourth-order valence-corrected chi connectivity index (χ4v) is 3.14. The minimum Gasteiger partial charge on any atom is -0.238 e. The molecule has 1 aliphatic heterocycles. The highest BCUT2D eigenvalue weighted by Gasteiger charge is 2.22. The van der Waals surface area contributed by atoms with E-state index in [0.29, 0.717) is 0 Å². The second-order valence-electron chi connectivity index (χ2n) is 7.85. The molecule has 1 aliphatic rings. The van der Waals surface area contributed by atoms with Crippen LogP contribution in [0.25, 0.3) is 11.1 Å². The number of hydrazone groups is 1. The standard InChI is InChI=1S/C24H24N2O/c1-24(2,3)21-13-9-20(10-14-21)23-17-25-26(27-23)22-15-11-19(12-16-22)18-7-5-4-6-8-18/h4-17,23H,1-3H3. The molecule has 0 spiro atoms. The summed E-state index contributed by atoms with van der Waals surface area (Å²) in [5.74, 6) is 0. The second-order valence-corrected chi connectivity index (χ2v) is 7.85. The minimum absolute atomic E-state index is 0.148. The first kappa shape index (κ1) is 17.5. The molecule has 0 aliphatic carbocycles. The summed E-state index contributed by atoms with van der Waals surface area (Å²) in [7, 11) is 0. The van der Waals surface area contributed by atoms with Gasteiger partial charge in [0.2, 0.25) is 0 Å². The summed E-state index contributed by atoms with van der Waals surface area (Å²) in [5, 5.41) is 6.02. The number of hydrogen-bond donors (Lipinski definition) is 0. The smallest absolute Gasteiger partial charge is 0.150 e. The maximum Gasteiger partial charge on any atom is 0.150 e. The number of benzene rings is 3. The summed E-state index contributed by atoms with van der Waals surface area (Å²) in [6, 6.07) is 27.2. The Hall–Kier alpha value is -2.91. The summed E-state index contributed by atoms with van der Waals surface area (Å²) in [4.78, 5) is 6.02. The van der Waals surface area contributed by atoms with Crippen LogP contribution in [0, 0.1) is 0 Å². The Morgan fingerprint density at radius 3 is 2.04 bits per heavy atom. The van der Waals surface area contributed by atoms with Crippen molar-refractivity contribution < 1.29 is 4.84 Å². The first-order valence-electron chi connectivity index (χ1n) is 9.28. The van der Waals surface area contributed by atoms with E-state index in [-0.39, 0.29) is 11.5 Å². The number of nitrogens with zero attached hydrogens (tertiary/aromatic N) is 2. The van der Waals surface area contributed by atoms with Crippen LogP contribution in [-0.4, -0.2) is 6.21 Å². The molecule has 0 bridgehead atoms. The predicted octanol–water partition coefficient (Wildman–Crippen LogP) is 6.13. The highest BCUT2D eigenvalue weighted by Crippen LogP contribution is 2.30. The van der Waals surface area contributed by atoms with Crippen molar-refractivity contribution in [3.8, 4) is 11.1 Å². The minimum atomic E-state index is -0.159. The van der Waals surface area contributed by atoms with Gasteiger partial charge in [-0.3, -0.25) is 0 Å². The molecule has 1 atom stereocenters. The Balaban J connectivity index is 1.46. The zero-order chi connectivity index (χ0) is 18.9. The van der Waals surface area contributed by atoms with E-state index in [9.17, 15) is 0 Å². The topological polar surface area (TPSA) is 24.8 Å². The van der Waals surface area contributed by atoms with Crippen LogP contribution in [0.4, 0.5) is 5.69 Å². The van der Waals surface area contributed by atoms with Crippen LogP contribution in [0.5, 0.6) is 0 Å². The van der Waals surface area contributed by atoms with Gasteiger partial charge < -0.3 is 0 Å². The molecule has 4 rings (SSSR count). The molecule has 27 heavy (non-hydrogen) atoms. The van der Waals surface area contributed by atoms with E-state index in [1.165, 1.54) is 16.7 Å². The molecule has 3 aromatic carbocycles. The summed E-state index contributed by atoms with van der Waals surface area (Å²) >= 11 is 0. The molecule has 0 amide bonds. The maximum absolute atomic E-state index is 6.02. The van der Waals surface area contributed by atoms with Crippen molar-refractivity contribution in [2.24, 2.45) is 5.10 Å². The average molecular weight is 356 g/mol. The molecule has 0 radical (unpaired) electrons. The molecule has 136 valence electrons. The molecule has 3 nitrogen and oxygen atoms in total. The second kappa shape index (κ2) is 7.01. The Morgan fingerprint density at radius 2 is 1.41 bits per heavy atom. The van der Waals surface area contributed by atoms with Crippen LogP contribution < -0.4 is 5.17 Å². The van der Waals surface area contributed by atoms with Crippen molar-refractivity contribution in [1.82, 2.24) is 0 Å². The highest BCUT2D eigenvalue weighted by atomic mass is 16.7. The van der Waals surface area contributed by atoms with Gasteiger partial charge in [0.05, 0.1) is 11.9 Å². The Kier molecular flexibility index (Phi) is 4.54. The normalized spacial score (nSPS) is 16.7.